The van der Waals surface area contributed by atoms with Crippen LogP contribution in [0.5, 0.6) is 0 Å². The Hall–Kier alpha value is -0.740. The molecule has 0 aromatic rings. The van der Waals surface area contributed by atoms with E-state index in [4.69, 9.17) is 0 Å². The van der Waals surface area contributed by atoms with E-state index in [0.29, 0.717) is 0 Å². The summed E-state index contributed by atoms with van der Waals surface area (Å²) in [6.07, 6.45) is -1.02. The number of likely N-dealkylation sites (tertiary alicyclic amines) is 1. The lowest BCUT2D eigenvalue weighted by Crippen LogP contribution is -2.52. The molecule has 0 aromatic carbocycles. The maximum Gasteiger partial charge on any atom is 0.263 e. The second kappa shape index (κ2) is 2.39. The van der Waals surface area contributed by atoms with Crippen molar-refractivity contribution in [3.05, 3.63) is 0 Å². The van der Waals surface area contributed by atoms with Crippen LogP contribution in [-0.2, 0) is 4.79 Å². The smallest absolute Gasteiger partial charge is 0.263 e. The molecule has 13 heavy (non-hydrogen) atoms. The van der Waals surface area contributed by atoms with Crippen molar-refractivity contribution in [2.24, 2.45) is 11.8 Å². The van der Waals surface area contributed by atoms with E-state index in [1.165, 1.54) is 6.92 Å². The van der Waals surface area contributed by atoms with Gasteiger partial charge in [-0.15, -0.1) is 0 Å². The van der Waals surface area contributed by atoms with Crippen molar-refractivity contribution in [1.82, 2.24) is 4.90 Å². The second-order valence-electron chi connectivity index (χ2n) is 3.78. The van der Waals surface area contributed by atoms with E-state index in [9.17, 15) is 18.0 Å². The molecule has 1 aliphatic carbocycles. The summed E-state index contributed by atoms with van der Waals surface area (Å²) < 4.78 is 37.8. The number of nitrogens with zero attached hydrogens (tertiary/aromatic N) is 1. The molecule has 1 saturated carbocycles. The van der Waals surface area contributed by atoms with Gasteiger partial charge in [0.25, 0.3) is 5.92 Å². The molecule has 0 spiro atoms. The van der Waals surface area contributed by atoms with Crippen LogP contribution < -0.4 is 0 Å². The number of hydrogen-bond acceptors (Lipinski definition) is 1. The minimum absolute atomic E-state index is 0.0157. The summed E-state index contributed by atoms with van der Waals surface area (Å²) in [6.45, 7) is 1.31. The van der Waals surface area contributed by atoms with Crippen molar-refractivity contribution >= 4 is 5.91 Å². The Labute approximate surface area is 73.7 Å². The number of hydrogen-bond donors (Lipinski definition) is 0. The molecule has 2 nitrogen and oxygen atoms in total. The van der Waals surface area contributed by atoms with Gasteiger partial charge in [0, 0.05) is 5.92 Å². The first kappa shape index (κ1) is 8.84. The lowest BCUT2D eigenvalue weighted by molar-refractivity contribution is -0.142. The van der Waals surface area contributed by atoms with E-state index in [-0.39, 0.29) is 13.1 Å². The predicted octanol–water partition coefficient (Wildman–Crippen LogP) is 1.07. The van der Waals surface area contributed by atoms with Crippen LogP contribution in [0.3, 0.4) is 0 Å². The van der Waals surface area contributed by atoms with Crippen LogP contribution in [0, 0.1) is 11.8 Å². The van der Waals surface area contributed by atoms with E-state index < -0.39 is 29.8 Å². The molecule has 1 aliphatic heterocycles. The van der Waals surface area contributed by atoms with Crippen LogP contribution in [0.15, 0.2) is 0 Å². The quantitative estimate of drug-likeness (QED) is 0.610. The average molecular weight is 193 g/mol. The van der Waals surface area contributed by atoms with Gasteiger partial charge in [0.1, 0.15) is 12.1 Å². The van der Waals surface area contributed by atoms with E-state index in [1.807, 2.05) is 0 Å². The normalized spacial score (nSPS) is 37.1. The molecule has 1 heterocycles. The zero-order valence-corrected chi connectivity index (χ0v) is 7.14. The summed E-state index contributed by atoms with van der Waals surface area (Å²) in [4.78, 5) is 12.4. The monoisotopic (exact) mass is 193 g/mol. The van der Waals surface area contributed by atoms with Gasteiger partial charge in [0.2, 0.25) is 5.91 Å². The zero-order valence-electron chi connectivity index (χ0n) is 7.14. The number of carbonyl (C=O) groups is 1. The Balaban J connectivity index is 1.93. The number of alkyl halides is 3. The third kappa shape index (κ3) is 1.13. The third-order valence-corrected chi connectivity index (χ3v) is 2.83. The molecule has 2 unspecified atom stereocenters. The molecular formula is C8H10F3NO. The summed E-state index contributed by atoms with van der Waals surface area (Å²) in [5.41, 5.74) is 0. The first-order chi connectivity index (χ1) is 5.94. The second-order valence-corrected chi connectivity index (χ2v) is 3.78. The van der Waals surface area contributed by atoms with Crippen LogP contribution in [0.1, 0.15) is 6.92 Å². The van der Waals surface area contributed by atoms with Crippen molar-refractivity contribution in [3.63, 3.8) is 0 Å². The minimum Gasteiger partial charge on any atom is -0.336 e. The molecule has 2 fully saturated rings. The van der Waals surface area contributed by atoms with E-state index in [0.717, 1.165) is 4.90 Å². The number of rotatable bonds is 1. The molecule has 2 aliphatic rings. The first-order valence-corrected chi connectivity index (χ1v) is 4.25. The number of amides is 1. The molecule has 1 saturated heterocycles. The Kier molecular flexibility index (Phi) is 1.63. The van der Waals surface area contributed by atoms with Gasteiger partial charge in [-0.25, -0.2) is 13.2 Å². The molecule has 0 bridgehead atoms. The molecule has 5 heteroatoms. The van der Waals surface area contributed by atoms with Crippen molar-refractivity contribution in [1.29, 1.82) is 0 Å². The fourth-order valence-corrected chi connectivity index (χ4v) is 1.66. The summed E-state index contributed by atoms with van der Waals surface area (Å²) in [7, 11) is 0. The predicted molar refractivity (Wildman–Crippen MR) is 39.1 cm³/mol. The number of halogens is 3. The maximum absolute atomic E-state index is 12.7. The van der Waals surface area contributed by atoms with E-state index >= 15 is 0 Å². The lowest BCUT2D eigenvalue weighted by atomic mass is 10.1. The highest BCUT2D eigenvalue weighted by Crippen LogP contribution is 2.55. The zero-order chi connectivity index (χ0) is 9.80. The lowest BCUT2D eigenvalue weighted by Gasteiger charge is -2.34. The van der Waals surface area contributed by atoms with Crippen LogP contribution in [0.25, 0.3) is 0 Å². The third-order valence-electron chi connectivity index (χ3n) is 2.83. The van der Waals surface area contributed by atoms with Gasteiger partial charge in [-0.1, -0.05) is 6.92 Å². The maximum atomic E-state index is 12.7. The molecule has 2 rings (SSSR count). The highest BCUT2D eigenvalue weighted by molar-refractivity contribution is 5.84. The van der Waals surface area contributed by atoms with Gasteiger partial charge in [0.05, 0.1) is 13.1 Å². The minimum atomic E-state index is -2.86. The topological polar surface area (TPSA) is 20.3 Å². The average Bonchev–Trinajstić information content (AvgIpc) is 2.45. The van der Waals surface area contributed by atoms with Crippen LogP contribution in [-0.4, -0.2) is 36.0 Å². The van der Waals surface area contributed by atoms with E-state index in [2.05, 4.69) is 0 Å². The summed E-state index contributed by atoms with van der Waals surface area (Å²) >= 11 is 0. The van der Waals surface area contributed by atoms with Crippen molar-refractivity contribution < 1.29 is 18.0 Å². The molecule has 0 radical (unpaired) electrons. The van der Waals surface area contributed by atoms with Gasteiger partial charge in [0.15, 0.2) is 0 Å². The largest absolute Gasteiger partial charge is 0.336 e. The van der Waals surface area contributed by atoms with Gasteiger partial charge >= 0.3 is 0 Å². The SMILES string of the molecule is CC1C(C(=O)N2CC(F)C2)C1(F)F. The summed E-state index contributed by atoms with van der Waals surface area (Å²) in [5, 5.41) is 0. The van der Waals surface area contributed by atoms with Gasteiger partial charge in [-0.05, 0) is 0 Å². The molecule has 1 amide bonds. The van der Waals surface area contributed by atoms with Crippen molar-refractivity contribution in [3.8, 4) is 0 Å². The molecule has 0 N–H and O–H groups in total. The van der Waals surface area contributed by atoms with Gasteiger partial charge < -0.3 is 4.90 Å². The fraction of sp³-hybridized carbons (Fsp3) is 0.875. The summed E-state index contributed by atoms with van der Waals surface area (Å²) in [5.74, 6) is -5.52. The standard InChI is InChI=1S/C8H10F3NO/c1-4-6(8(4,10)11)7(13)12-2-5(9)3-12/h4-6H,2-3H2,1H3. The van der Waals surface area contributed by atoms with Gasteiger partial charge in [-0.3, -0.25) is 4.79 Å². The molecule has 74 valence electrons. The number of carbonyl (C=O) groups excluding carboxylic acids is 1. The Morgan fingerprint density at radius 3 is 2.23 bits per heavy atom. The fourth-order valence-electron chi connectivity index (χ4n) is 1.66. The van der Waals surface area contributed by atoms with Crippen molar-refractivity contribution in [2.75, 3.05) is 13.1 Å². The Bertz CT molecular complexity index is 250. The summed E-state index contributed by atoms with van der Waals surface area (Å²) in [6, 6.07) is 0. The first-order valence-electron chi connectivity index (χ1n) is 4.25. The Morgan fingerprint density at radius 1 is 1.46 bits per heavy atom. The van der Waals surface area contributed by atoms with Crippen molar-refractivity contribution in [2.45, 2.75) is 19.0 Å². The molecular weight excluding hydrogens is 183 g/mol. The van der Waals surface area contributed by atoms with Crippen LogP contribution in [0.2, 0.25) is 0 Å². The molecule has 2 atom stereocenters. The van der Waals surface area contributed by atoms with E-state index in [1.54, 1.807) is 0 Å². The molecule has 0 aromatic heterocycles. The highest BCUT2D eigenvalue weighted by atomic mass is 19.3. The van der Waals surface area contributed by atoms with Gasteiger partial charge in [-0.2, -0.15) is 0 Å². The highest BCUT2D eigenvalue weighted by Gasteiger charge is 2.70. The Morgan fingerprint density at radius 2 is 1.92 bits per heavy atom. The van der Waals surface area contributed by atoms with Crippen LogP contribution in [0.4, 0.5) is 13.2 Å². The van der Waals surface area contributed by atoms with Crippen LogP contribution >= 0.6 is 0 Å².